The van der Waals surface area contributed by atoms with Crippen LogP contribution in [-0.2, 0) is 37.7 Å². The Morgan fingerprint density at radius 3 is 1.85 bits per heavy atom. The monoisotopic (exact) mass is 489 g/mol. The zero-order valence-electron chi connectivity index (χ0n) is 18.5. The van der Waals surface area contributed by atoms with E-state index < -0.39 is 20.0 Å². The highest BCUT2D eigenvalue weighted by atomic mass is 32.2. The molecule has 8 nitrogen and oxygen atoms in total. The molecule has 10 heteroatoms. The largest absolute Gasteiger partial charge is 0.312 e. The quantitative estimate of drug-likeness (QED) is 0.654. The average Bonchev–Trinajstić information content (AvgIpc) is 2.81. The van der Waals surface area contributed by atoms with Gasteiger partial charge in [0, 0.05) is 39.1 Å². The average molecular weight is 490 g/mol. The standard InChI is InChI=1S/C23H27N3O5S2/c1-17-4-7-20(8-5-17)32(28,29)24-11-13-25(14-12-24)33(30,31)21-15-18-3-2-10-26-22(27)9-6-19(16-21)23(18)26/h4-5,7-8,15-16H,2-3,6,9-14H2,1H3. The van der Waals surface area contributed by atoms with Gasteiger partial charge in [0.1, 0.15) is 0 Å². The molecular weight excluding hydrogens is 462 g/mol. The minimum atomic E-state index is -3.77. The number of carbonyl (C=O) groups is 1. The van der Waals surface area contributed by atoms with Crippen LogP contribution >= 0.6 is 0 Å². The van der Waals surface area contributed by atoms with Crippen molar-refractivity contribution in [3.05, 3.63) is 53.1 Å². The molecule has 0 saturated carbocycles. The molecule has 3 aliphatic rings. The van der Waals surface area contributed by atoms with Gasteiger partial charge in [-0.2, -0.15) is 8.61 Å². The zero-order valence-corrected chi connectivity index (χ0v) is 20.2. The fraction of sp³-hybridized carbons (Fsp3) is 0.435. The lowest BCUT2D eigenvalue weighted by Gasteiger charge is -2.36. The maximum absolute atomic E-state index is 13.4. The molecule has 2 aromatic rings. The van der Waals surface area contributed by atoms with Gasteiger partial charge in [-0.25, -0.2) is 16.8 Å². The zero-order chi connectivity index (χ0) is 23.4. The fourth-order valence-corrected chi connectivity index (χ4v) is 7.88. The molecule has 3 heterocycles. The number of piperazine rings is 1. The molecule has 1 amide bonds. The Hall–Kier alpha value is -2.27. The predicted molar refractivity (Wildman–Crippen MR) is 124 cm³/mol. The molecule has 0 aliphatic carbocycles. The first-order valence-corrected chi connectivity index (χ1v) is 14.1. The van der Waals surface area contributed by atoms with Gasteiger partial charge in [-0.15, -0.1) is 0 Å². The van der Waals surface area contributed by atoms with Crippen LogP contribution in [0.25, 0.3) is 0 Å². The molecule has 0 atom stereocenters. The van der Waals surface area contributed by atoms with E-state index in [2.05, 4.69) is 0 Å². The molecule has 0 aromatic heterocycles. The van der Waals surface area contributed by atoms with Crippen molar-refractivity contribution in [3.8, 4) is 0 Å². The molecular formula is C23H27N3O5S2. The number of hydrogen-bond acceptors (Lipinski definition) is 5. The summed E-state index contributed by atoms with van der Waals surface area (Å²) in [6.45, 7) is 2.99. The SMILES string of the molecule is Cc1ccc(S(=O)(=O)N2CCN(S(=O)(=O)c3cc4c5c(c3)CCC(=O)N5CCC4)CC2)cc1. The van der Waals surface area contributed by atoms with Crippen LogP contribution in [0.3, 0.4) is 0 Å². The Bertz CT molecular complexity index is 1300. The third-order valence-electron chi connectivity index (χ3n) is 6.74. The highest BCUT2D eigenvalue weighted by Gasteiger charge is 2.36. The second kappa shape index (κ2) is 8.19. The van der Waals surface area contributed by atoms with E-state index >= 15 is 0 Å². The summed E-state index contributed by atoms with van der Waals surface area (Å²) in [7, 11) is -7.43. The first-order chi connectivity index (χ1) is 15.7. The molecule has 0 spiro atoms. The van der Waals surface area contributed by atoms with Crippen LogP contribution in [0.4, 0.5) is 5.69 Å². The van der Waals surface area contributed by atoms with E-state index in [0.29, 0.717) is 19.4 Å². The normalized spacial score (nSPS) is 20.0. The number of rotatable bonds is 4. The highest BCUT2D eigenvalue weighted by molar-refractivity contribution is 7.89. The molecule has 33 heavy (non-hydrogen) atoms. The van der Waals surface area contributed by atoms with Crippen LogP contribution < -0.4 is 4.90 Å². The van der Waals surface area contributed by atoms with E-state index in [1.807, 2.05) is 6.92 Å². The summed E-state index contributed by atoms with van der Waals surface area (Å²) in [5.74, 6) is 0.102. The summed E-state index contributed by atoms with van der Waals surface area (Å²) in [5, 5.41) is 0. The van der Waals surface area contributed by atoms with Crippen LogP contribution in [0.15, 0.2) is 46.2 Å². The topological polar surface area (TPSA) is 95.1 Å². The van der Waals surface area contributed by atoms with Crippen LogP contribution in [0, 0.1) is 6.92 Å². The second-order valence-electron chi connectivity index (χ2n) is 8.86. The summed E-state index contributed by atoms with van der Waals surface area (Å²) < 4.78 is 55.5. The lowest BCUT2D eigenvalue weighted by atomic mass is 9.92. The molecule has 5 rings (SSSR count). The first kappa shape index (κ1) is 22.5. The van der Waals surface area contributed by atoms with Crippen molar-refractivity contribution in [2.75, 3.05) is 37.6 Å². The Labute approximate surface area is 194 Å². The molecule has 1 fully saturated rings. The number of amides is 1. The lowest BCUT2D eigenvalue weighted by Crippen LogP contribution is -2.50. The maximum atomic E-state index is 13.4. The van der Waals surface area contributed by atoms with Gasteiger partial charge < -0.3 is 4.90 Å². The number of sulfonamides is 2. The number of benzene rings is 2. The number of anilines is 1. The van der Waals surface area contributed by atoms with Crippen molar-refractivity contribution in [3.63, 3.8) is 0 Å². The van der Waals surface area contributed by atoms with E-state index in [-0.39, 0.29) is 41.9 Å². The van der Waals surface area contributed by atoms with E-state index in [0.717, 1.165) is 35.2 Å². The molecule has 0 bridgehead atoms. The Kier molecular flexibility index (Phi) is 5.59. The van der Waals surface area contributed by atoms with Gasteiger partial charge in [0.05, 0.1) is 15.5 Å². The third kappa shape index (κ3) is 3.88. The predicted octanol–water partition coefficient (Wildman–Crippen LogP) is 1.92. The number of hydrogen-bond donors (Lipinski definition) is 0. The van der Waals surface area contributed by atoms with Crippen molar-refractivity contribution in [2.24, 2.45) is 0 Å². The molecule has 3 aliphatic heterocycles. The molecule has 0 unspecified atom stereocenters. The van der Waals surface area contributed by atoms with Crippen LogP contribution in [0.5, 0.6) is 0 Å². The summed E-state index contributed by atoms with van der Waals surface area (Å²) in [6, 6.07) is 10.1. The van der Waals surface area contributed by atoms with Crippen molar-refractivity contribution >= 4 is 31.6 Å². The molecule has 1 saturated heterocycles. The number of carbonyl (C=O) groups excluding carboxylic acids is 1. The minimum absolute atomic E-state index is 0.102. The molecule has 0 radical (unpaired) electrons. The Morgan fingerprint density at radius 1 is 0.697 bits per heavy atom. The molecule has 2 aromatic carbocycles. The summed E-state index contributed by atoms with van der Waals surface area (Å²) in [6.07, 6.45) is 2.50. The van der Waals surface area contributed by atoms with Gasteiger partial charge in [0.25, 0.3) is 0 Å². The van der Waals surface area contributed by atoms with Gasteiger partial charge in [0.2, 0.25) is 26.0 Å². The second-order valence-corrected chi connectivity index (χ2v) is 12.7. The minimum Gasteiger partial charge on any atom is -0.312 e. The van der Waals surface area contributed by atoms with Crippen LogP contribution in [0.2, 0.25) is 0 Å². The van der Waals surface area contributed by atoms with Gasteiger partial charge >= 0.3 is 0 Å². The van der Waals surface area contributed by atoms with E-state index in [1.165, 1.54) is 8.61 Å². The van der Waals surface area contributed by atoms with Crippen LogP contribution in [0.1, 0.15) is 29.5 Å². The number of aryl methyl sites for hydroxylation is 3. The fourth-order valence-electron chi connectivity index (χ4n) is 4.93. The highest BCUT2D eigenvalue weighted by Crippen LogP contribution is 2.38. The summed E-state index contributed by atoms with van der Waals surface area (Å²) >= 11 is 0. The maximum Gasteiger partial charge on any atom is 0.243 e. The number of nitrogens with zero attached hydrogens (tertiary/aromatic N) is 3. The van der Waals surface area contributed by atoms with Crippen LogP contribution in [-0.4, -0.2) is 64.1 Å². The van der Waals surface area contributed by atoms with Gasteiger partial charge in [-0.1, -0.05) is 17.7 Å². The Balaban J connectivity index is 1.37. The molecule has 176 valence electrons. The smallest absolute Gasteiger partial charge is 0.243 e. The summed E-state index contributed by atoms with van der Waals surface area (Å²) in [5.41, 5.74) is 3.68. The van der Waals surface area contributed by atoms with E-state index in [9.17, 15) is 21.6 Å². The van der Waals surface area contributed by atoms with Crippen molar-refractivity contribution in [2.45, 2.75) is 42.4 Å². The van der Waals surface area contributed by atoms with Crippen molar-refractivity contribution < 1.29 is 21.6 Å². The third-order valence-corrected chi connectivity index (χ3v) is 10.5. The van der Waals surface area contributed by atoms with Gasteiger partial charge in [-0.3, -0.25) is 4.79 Å². The van der Waals surface area contributed by atoms with E-state index in [1.54, 1.807) is 41.3 Å². The van der Waals surface area contributed by atoms with Crippen molar-refractivity contribution in [1.29, 1.82) is 0 Å². The van der Waals surface area contributed by atoms with E-state index in [4.69, 9.17) is 0 Å². The van der Waals surface area contributed by atoms with Crippen molar-refractivity contribution in [1.82, 2.24) is 8.61 Å². The van der Waals surface area contributed by atoms with Gasteiger partial charge in [0.15, 0.2) is 0 Å². The first-order valence-electron chi connectivity index (χ1n) is 11.2. The summed E-state index contributed by atoms with van der Waals surface area (Å²) in [4.78, 5) is 14.5. The lowest BCUT2D eigenvalue weighted by molar-refractivity contribution is -0.119. The Morgan fingerprint density at radius 2 is 1.24 bits per heavy atom. The molecule has 0 N–H and O–H groups in total. The van der Waals surface area contributed by atoms with Gasteiger partial charge in [-0.05, 0) is 61.6 Å².